The lowest BCUT2D eigenvalue weighted by atomic mass is 9.99. The van der Waals surface area contributed by atoms with Crippen LogP contribution in [0.2, 0.25) is 5.28 Å². The second-order valence-corrected chi connectivity index (χ2v) is 5.27. The van der Waals surface area contributed by atoms with E-state index in [0.29, 0.717) is 17.8 Å². The Hall–Kier alpha value is -1.14. The predicted molar refractivity (Wildman–Crippen MR) is 77.7 cm³/mol. The number of halogens is 1. The maximum Gasteiger partial charge on any atom is 0.228 e. The molecule has 2 N–H and O–H groups in total. The quantitative estimate of drug-likeness (QED) is 0.858. The number of likely N-dealkylation sites (tertiary alicyclic amines) is 1. The first-order chi connectivity index (χ1) is 9.17. The third-order valence-corrected chi connectivity index (χ3v) is 3.38. The van der Waals surface area contributed by atoms with E-state index in [1.165, 1.54) is 19.4 Å². The van der Waals surface area contributed by atoms with Crippen molar-refractivity contribution >= 4 is 23.5 Å². The molecule has 1 atom stereocenters. The van der Waals surface area contributed by atoms with Crippen LogP contribution in [0.3, 0.4) is 0 Å². The van der Waals surface area contributed by atoms with Gasteiger partial charge < -0.3 is 15.5 Å². The maximum absolute atomic E-state index is 5.88. The first-order valence-electron chi connectivity index (χ1n) is 6.75. The number of hydrogen-bond acceptors (Lipinski definition) is 6. The fourth-order valence-electron chi connectivity index (χ4n) is 2.34. The minimum Gasteiger partial charge on any atom is -0.354 e. The fourth-order valence-corrected chi connectivity index (χ4v) is 2.50. The van der Waals surface area contributed by atoms with Crippen LogP contribution in [0.25, 0.3) is 0 Å². The molecular formula is C12H21ClN6. The highest BCUT2D eigenvalue weighted by molar-refractivity contribution is 6.28. The van der Waals surface area contributed by atoms with E-state index in [0.717, 1.165) is 19.6 Å². The summed E-state index contributed by atoms with van der Waals surface area (Å²) in [6.45, 7) is 5.93. The van der Waals surface area contributed by atoms with Crippen LogP contribution in [0.4, 0.5) is 11.9 Å². The Morgan fingerprint density at radius 1 is 1.26 bits per heavy atom. The Labute approximate surface area is 119 Å². The largest absolute Gasteiger partial charge is 0.354 e. The van der Waals surface area contributed by atoms with Crippen molar-refractivity contribution in [3.05, 3.63) is 5.28 Å². The molecule has 7 heteroatoms. The number of nitrogens with one attached hydrogen (secondary N) is 2. The Kier molecular flexibility index (Phi) is 5.15. The van der Waals surface area contributed by atoms with Gasteiger partial charge in [-0.3, -0.25) is 0 Å². The van der Waals surface area contributed by atoms with E-state index in [2.05, 4.69) is 37.5 Å². The minimum absolute atomic E-state index is 0.217. The van der Waals surface area contributed by atoms with Gasteiger partial charge in [0.05, 0.1) is 0 Å². The zero-order valence-electron chi connectivity index (χ0n) is 11.5. The van der Waals surface area contributed by atoms with Crippen molar-refractivity contribution in [2.45, 2.75) is 19.8 Å². The third-order valence-electron chi connectivity index (χ3n) is 3.21. The molecule has 1 aromatic rings. The van der Waals surface area contributed by atoms with Crippen LogP contribution in [0.5, 0.6) is 0 Å². The van der Waals surface area contributed by atoms with Crippen LogP contribution in [-0.4, -0.2) is 53.1 Å². The molecule has 1 unspecified atom stereocenters. The number of piperidine rings is 1. The van der Waals surface area contributed by atoms with E-state index >= 15 is 0 Å². The molecule has 1 saturated heterocycles. The molecule has 19 heavy (non-hydrogen) atoms. The Morgan fingerprint density at radius 3 is 2.68 bits per heavy atom. The van der Waals surface area contributed by atoms with E-state index in [4.69, 9.17) is 11.6 Å². The fraction of sp³-hybridized carbons (Fsp3) is 0.750. The average molecular weight is 285 g/mol. The smallest absolute Gasteiger partial charge is 0.228 e. The van der Waals surface area contributed by atoms with Gasteiger partial charge in [0.1, 0.15) is 0 Å². The van der Waals surface area contributed by atoms with Crippen molar-refractivity contribution in [1.82, 2.24) is 19.9 Å². The van der Waals surface area contributed by atoms with Crippen LogP contribution >= 0.6 is 11.6 Å². The molecule has 1 fully saturated rings. The number of rotatable bonds is 5. The highest BCUT2D eigenvalue weighted by atomic mass is 35.5. The van der Waals surface area contributed by atoms with Gasteiger partial charge in [-0.25, -0.2) is 0 Å². The summed E-state index contributed by atoms with van der Waals surface area (Å²) in [6.07, 6.45) is 2.50. The summed E-state index contributed by atoms with van der Waals surface area (Å²) in [7, 11) is 2.16. The summed E-state index contributed by atoms with van der Waals surface area (Å²) in [5, 5.41) is 6.52. The summed E-state index contributed by atoms with van der Waals surface area (Å²) in [6, 6.07) is 0. The predicted octanol–water partition coefficient (Wildman–Crippen LogP) is 1.71. The number of anilines is 2. The molecule has 2 heterocycles. The lowest BCUT2D eigenvalue weighted by Crippen LogP contribution is -2.35. The molecule has 1 aliphatic heterocycles. The van der Waals surface area contributed by atoms with Crippen molar-refractivity contribution in [2.24, 2.45) is 5.92 Å². The molecule has 106 valence electrons. The lowest BCUT2D eigenvalue weighted by Gasteiger charge is -2.29. The first kappa shape index (κ1) is 14.3. The molecule has 0 radical (unpaired) electrons. The van der Waals surface area contributed by atoms with E-state index in [-0.39, 0.29) is 5.28 Å². The Bertz CT molecular complexity index is 413. The molecule has 6 nitrogen and oxygen atoms in total. The van der Waals surface area contributed by atoms with Crippen LogP contribution in [-0.2, 0) is 0 Å². The highest BCUT2D eigenvalue weighted by Crippen LogP contribution is 2.16. The van der Waals surface area contributed by atoms with Gasteiger partial charge >= 0.3 is 0 Å². The molecule has 0 amide bonds. The van der Waals surface area contributed by atoms with Gasteiger partial charge in [-0.15, -0.1) is 0 Å². The van der Waals surface area contributed by atoms with Gasteiger partial charge in [-0.2, -0.15) is 15.0 Å². The molecule has 0 aliphatic carbocycles. The van der Waals surface area contributed by atoms with E-state index in [9.17, 15) is 0 Å². The van der Waals surface area contributed by atoms with Crippen molar-refractivity contribution in [2.75, 3.05) is 43.9 Å². The van der Waals surface area contributed by atoms with Crippen molar-refractivity contribution in [3.63, 3.8) is 0 Å². The Morgan fingerprint density at radius 2 is 2.00 bits per heavy atom. The van der Waals surface area contributed by atoms with E-state index in [1.807, 2.05) is 6.92 Å². The lowest BCUT2D eigenvalue weighted by molar-refractivity contribution is 0.217. The summed E-state index contributed by atoms with van der Waals surface area (Å²) in [5.41, 5.74) is 0. The summed E-state index contributed by atoms with van der Waals surface area (Å²) < 4.78 is 0. The molecule has 2 rings (SSSR count). The zero-order chi connectivity index (χ0) is 13.7. The molecule has 0 spiro atoms. The van der Waals surface area contributed by atoms with Crippen LogP contribution in [0.15, 0.2) is 0 Å². The Balaban J connectivity index is 1.91. The monoisotopic (exact) mass is 284 g/mol. The van der Waals surface area contributed by atoms with Gasteiger partial charge in [0.25, 0.3) is 0 Å². The SMILES string of the molecule is CCNc1nc(Cl)nc(NCC2CCCN(C)C2)n1. The van der Waals surface area contributed by atoms with Gasteiger partial charge in [-0.1, -0.05) is 0 Å². The van der Waals surface area contributed by atoms with Gasteiger partial charge in [0.15, 0.2) is 0 Å². The van der Waals surface area contributed by atoms with Gasteiger partial charge in [0.2, 0.25) is 17.2 Å². The normalized spacial score (nSPS) is 20.3. The number of aromatic nitrogens is 3. The van der Waals surface area contributed by atoms with Crippen molar-refractivity contribution < 1.29 is 0 Å². The molecule has 1 aromatic heterocycles. The summed E-state index contributed by atoms with van der Waals surface area (Å²) >= 11 is 5.88. The highest BCUT2D eigenvalue weighted by Gasteiger charge is 2.17. The third kappa shape index (κ3) is 4.47. The molecular weight excluding hydrogens is 264 g/mol. The van der Waals surface area contributed by atoms with Gasteiger partial charge in [0, 0.05) is 19.6 Å². The molecule has 0 saturated carbocycles. The minimum atomic E-state index is 0.217. The van der Waals surface area contributed by atoms with Crippen LogP contribution in [0, 0.1) is 5.92 Å². The summed E-state index contributed by atoms with van der Waals surface area (Å²) in [4.78, 5) is 14.8. The van der Waals surface area contributed by atoms with E-state index < -0.39 is 0 Å². The molecule has 0 aromatic carbocycles. The standard InChI is InChI=1S/C12H21ClN6/c1-3-14-11-16-10(13)17-12(18-11)15-7-9-5-4-6-19(2)8-9/h9H,3-8H2,1-2H3,(H2,14,15,16,17,18). The topological polar surface area (TPSA) is 66.0 Å². The van der Waals surface area contributed by atoms with Crippen molar-refractivity contribution in [1.29, 1.82) is 0 Å². The van der Waals surface area contributed by atoms with E-state index in [1.54, 1.807) is 0 Å². The van der Waals surface area contributed by atoms with Crippen LogP contribution in [0.1, 0.15) is 19.8 Å². The number of hydrogen-bond donors (Lipinski definition) is 2. The van der Waals surface area contributed by atoms with Crippen molar-refractivity contribution in [3.8, 4) is 0 Å². The second-order valence-electron chi connectivity index (χ2n) is 4.93. The van der Waals surface area contributed by atoms with Crippen LogP contribution < -0.4 is 10.6 Å². The second kappa shape index (κ2) is 6.86. The number of nitrogens with zero attached hydrogens (tertiary/aromatic N) is 4. The van der Waals surface area contributed by atoms with Gasteiger partial charge in [-0.05, 0) is 50.9 Å². The first-order valence-corrected chi connectivity index (χ1v) is 7.13. The molecule has 1 aliphatic rings. The molecule has 0 bridgehead atoms. The summed E-state index contributed by atoms with van der Waals surface area (Å²) in [5.74, 6) is 1.70. The zero-order valence-corrected chi connectivity index (χ0v) is 12.2. The maximum atomic E-state index is 5.88. The average Bonchev–Trinajstić information content (AvgIpc) is 2.36.